The van der Waals surface area contributed by atoms with E-state index in [1.165, 1.54) is 12.1 Å². The van der Waals surface area contributed by atoms with Crippen molar-refractivity contribution in [1.82, 2.24) is 5.32 Å². The standard InChI is InChI=1S/C13H19FN2O2/c1-9(3-4-17)8-15-13(18)16-12-6-10(2)5-11(14)7-12/h5-7,9,17H,3-4,8H2,1-2H3,(H2,15,16,18). The minimum atomic E-state index is -0.376. The van der Waals surface area contributed by atoms with Crippen molar-refractivity contribution in [2.24, 2.45) is 5.92 Å². The third-order valence-corrected chi connectivity index (χ3v) is 2.53. The molecule has 0 aromatic heterocycles. The van der Waals surface area contributed by atoms with Crippen LogP contribution in [0.15, 0.2) is 18.2 Å². The van der Waals surface area contributed by atoms with E-state index in [2.05, 4.69) is 10.6 Å². The molecule has 0 aliphatic carbocycles. The van der Waals surface area contributed by atoms with Gasteiger partial charge in [0.25, 0.3) is 0 Å². The molecule has 3 N–H and O–H groups in total. The van der Waals surface area contributed by atoms with Gasteiger partial charge in [-0.1, -0.05) is 6.92 Å². The van der Waals surface area contributed by atoms with Crippen LogP contribution >= 0.6 is 0 Å². The lowest BCUT2D eigenvalue weighted by atomic mass is 10.1. The Kier molecular flexibility index (Phi) is 5.58. The number of carbonyl (C=O) groups is 1. The van der Waals surface area contributed by atoms with E-state index in [9.17, 15) is 9.18 Å². The van der Waals surface area contributed by atoms with Gasteiger partial charge in [-0.3, -0.25) is 0 Å². The van der Waals surface area contributed by atoms with Gasteiger partial charge >= 0.3 is 6.03 Å². The zero-order chi connectivity index (χ0) is 13.5. The second kappa shape index (κ2) is 6.96. The normalized spacial score (nSPS) is 12.0. The molecule has 0 fully saturated rings. The Hall–Kier alpha value is -1.62. The molecule has 1 rings (SSSR count). The van der Waals surface area contributed by atoms with Crippen molar-refractivity contribution in [3.05, 3.63) is 29.6 Å². The van der Waals surface area contributed by atoms with Crippen molar-refractivity contribution in [3.63, 3.8) is 0 Å². The molecule has 5 heteroatoms. The Morgan fingerprint density at radius 3 is 2.78 bits per heavy atom. The number of benzene rings is 1. The predicted molar refractivity (Wildman–Crippen MR) is 69.0 cm³/mol. The molecule has 100 valence electrons. The van der Waals surface area contributed by atoms with Crippen molar-refractivity contribution in [2.75, 3.05) is 18.5 Å². The smallest absolute Gasteiger partial charge is 0.319 e. The molecule has 0 radical (unpaired) electrons. The van der Waals surface area contributed by atoms with Gasteiger partial charge in [0.05, 0.1) is 0 Å². The predicted octanol–water partition coefficient (Wildman–Crippen LogP) is 2.27. The summed E-state index contributed by atoms with van der Waals surface area (Å²) in [5.41, 5.74) is 1.18. The second-order valence-electron chi connectivity index (χ2n) is 4.47. The van der Waals surface area contributed by atoms with Gasteiger partial charge < -0.3 is 15.7 Å². The largest absolute Gasteiger partial charge is 0.396 e. The van der Waals surface area contributed by atoms with Gasteiger partial charge in [-0.15, -0.1) is 0 Å². The Morgan fingerprint density at radius 1 is 1.44 bits per heavy atom. The maximum Gasteiger partial charge on any atom is 0.319 e. The highest BCUT2D eigenvalue weighted by Crippen LogP contribution is 2.13. The van der Waals surface area contributed by atoms with Crippen LogP contribution < -0.4 is 10.6 Å². The monoisotopic (exact) mass is 254 g/mol. The third kappa shape index (κ3) is 5.14. The molecule has 0 heterocycles. The van der Waals surface area contributed by atoms with Crippen LogP contribution in [0.1, 0.15) is 18.9 Å². The fourth-order valence-electron chi connectivity index (χ4n) is 1.57. The Morgan fingerprint density at radius 2 is 2.17 bits per heavy atom. The highest BCUT2D eigenvalue weighted by Gasteiger charge is 2.06. The van der Waals surface area contributed by atoms with Gasteiger partial charge in [-0.2, -0.15) is 0 Å². The molecule has 1 atom stereocenters. The second-order valence-corrected chi connectivity index (χ2v) is 4.47. The summed E-state index contributed by atoms with van der Waals surface area (Å²) in [5, 5.41) is 14.0. The van der Waals surface area contributed by atoms with Crippen molar-refractivity contribution in [3.8, 4) is 0 Å². The summed E-state index contributed by atoms with van der Waals surface area (Å²) >= 11 is 0. The zero-order valence-electron chi connectivity index (χ0n) is 10.7. The lowest BCUT2D eigenvalue weighted by Crippen LogP contribution is -2.32. The average molecular weight is 254 g/mol. The third-order valence-electron chi connectivity index (χ3n) is 2.53. The first kappa shape index (κ1) is 14.4. The van der Waals surface area contributed by atoms with Crippen LogP contribution in [0, 0.1) is 18.7 Å². The number of carbonyl (C=O) groups excluding carboxylic acids is 1. The molecular formula is C13H19FN2O2. The first-order valence-electron chi connectivity index (χ1n) is 5.94. The fraction of sp³-hybridized carbons (Fsp3) is 0.462. The van der Waals surface area contributed by atoms with Crippen molar-refractivity contribution < 1.29 is 14.3 Å². The summed E-state index contributed by atoms with van der Waals surface area (Å²) in [5.74, 6) is -0.172. The molecule has 0 saturated heterocycles. The number of hydrogen-bond donors (Lipinski definition) is 3. The molecule has 18 heavy (non-hydrogen) atoms. The SMILES string of the molecule is Cc1cc(F)cc(NC(=O)NCC(C)CCO)c1. The number of anilines is 1. The van der Waals surface area contributed by atoms with Crippen LogP contribution in [0.4, 0.5) is 14.9 Å². The highest BCUT2D eigenvalue weighted by atomic mass is 19.1. The number of aryl methyl sites for hydroxylation is 1. The van der Waals surface area contributed by atoms with Crippen LogP contribution in [-0.4, -0.2) is 24.3 Å². The van der Waals surface area contributed by atoms with Gasteiger partial charge in [0.15, 0.2) is 0 Å². The highest BCUT2D eigenvalue weighted by molar-refractivity contribution is 5.89. The lowest BCUT2D eigenvalue weighted by Gasteiger charge is -2.12. The number of urea groups is 1. The van der Waals surface area contributed by atoms with Gasteiger partial charge in [0, 0.05) is 18.8 Å². The number of amides is 2. The summed E-state index contributed by atoms with van der Waals surface area (Å²) < 4.78 is 13.1. The molecule has 2 amide bonds. The number of aliphatic hydroxyl groups excluding tert-OH is 1. The van der Waals surface area contributed by atoms with Gasteiger partial charge in [-0.05, 0) is 43.0 Å². The Bertz CT molecular complexity index is 390. The summed E-state index contributed by atoms with van der Waals surface area (Å²) in [6, 6.07) is 3.99. The van der Waals surface area contributed by atoms with E-state index in [0.717, 1.165) is 5.56 Å². The molecule has 0 aliphatic heterocycles. The van der Waals surface area contributed by atoms with E-state index in [0.29, 0.717) is 18.7 Å². The molecule has 4 nitrogen and oxygen atoms in total. The van der Waals surface area contributed by atoms with Gasteiger partial charge in [0.1, 0.15) is 5.82 Å². The quantitative estimate of drug-likeness (QED) is 0.755. The maximum absolute atomic E-state index is 13.1. The number of nitrogens with one attached hydrogen (secondary N) is 2. The summed E-state index contributed by atoms with van der Waals surface area (Å²) in [7, 11) is 0. The van der Waals surface area contributed by atoms with E-state index in [4.69, 9.17) is 5.11 Å². The summed E-state index contributed by atoms with van der Waals surface area (Å²) in [4.78, 5) is 11.5. The van der Waals surface area contributed by atoms with Crippen LogP contribution in [-0.2, 0) is 0 Å². The van der Waals surface area contributed by atoms with Crippen LogP contribution in [0.2, 0.25) is 0 Å². The minimum Gasteiger partial charge on any atom is -0.396 e. The molecule has 1 aromatic carbocycles. The molecular weight excluding hydrogens is 235 g/mol. The Labute approximate surface area is 106 Å². The maximum atomic E-state index is 13.1. The molecule has 1 aromatic rings. The fourth-order valence-corrected chi connectivity index (χ4v) is 1.57. The van der Waals surface area contributed by atoms with E-state index >= 15 is 0 Å². The molecule has 0 saturated carbocycles. The van der Waals surface area contributed by atoms with E-state index in [1.54, 1.807) is 13.0 Å². The first-order valence-corrected chi connectivity index (χ1v) is 5.94. The molecule has 0 bridgehead atoms. The first-order chi connectivity index (χ1) is 8.51. The van der Waals surface area contributed by atoms with Gasteiger partial charge in [-0.25, -0.2) is 9.18 Å². The topological polar surface area (TPSA) is 61.4 Å². The Balaban J connectivity index is 2.44. The molecule has 0 aliphatic rings. The lowest BCUT2D eigenvalue weighted by molar-refractivity contribution is 0.243. The minimum absolute atomic E-state index is 0.105. The molecule has 1 unspecified atom stereocenters. The number of halogens is 1. The van der Waals surface area contributed by atoms with Crippen LogP contribution in [0.5, 0.6) is 0 Å². The van der Waals surface area contributed by atoms with E-state index < -0.39 is 0 Å². The van der Waals surface area contributed by atoms with E-state index in [1.807, 2.05) is 6.92 Å². The number of hydrogen-bond acceptors (Lipinski definition) is 2. The summed E-state index contributed by atoms with van der Waals surface area (Å²) in [6.07, 6.45) is 0.638. The van der Waals surface area contributed by atoms with E-state index in [-0.39, 0.29) is 24.4 Å². The van der Waals surface area contributed by atoms with Crippen molar-refractivity contribution in [1.29, 1.82) is 0 Å². The number of aliphatic hydroxyl groups is 1. The van der Waals surface area contributed by atoms with Crippen LogP contribution in [0.3, 0.4) is 0 Å². The van der Waals surface area contributed by atoms with Crippen molar-refractivity contribution in [2.45, 2.75) is 20.3 Å². The number of rotatable bonds is 5. The average Bonchev–Trinajstić information content (AvgIpc) is 2.25. The van der Waals surface area contributed by atoms with Crippen molar-refractivity contribution >= 4 is 11.7 Å². The molecule has 0 spiro atoms. The van der Waals surface area contributed by atoms with Gasteiger partial charge in [0.2, 0.25) is 0 Å². The summed E-state index contributed by atoms with van der Waals surface area (Å²) in [6.45, 7) is 4.27. The zero-order valence-corrected chi connectivity index (χ0v) is 10.7. The van der Waals surface area contributed by atoms with Crippen LogP contribution in [0.25, 0.3) is 0 Å².